The van der Waals surface area contributed by atoms with Gasteiger partial charge in [-0.2, -0.15) is 0 Å². The van der Waals surface area contributed by atoms with Gasteiger partial charge in [-0.1, -0.05) is 0 Å². The first kappa shape index (κ1) is 11.5. The number of rotatable bonds is 4. The van der Waals surface area contributed by atoms with Crippen molar-refractivity contribution in [3.05, 3.63) is 24.0 Å². The Hall–Kier alpha value is -1.62. The number of anilines is 2. The fraction of sp³-hybridized carbons (Fsp3) is 0.300. The van der Waals surface area contributed by atoms with E-state index < -0.39 is 5.82 Å². The van der Waals surface area contributed by atoms with Crippen molar-refractivity contribution in [2.45, 2.75) is 6.42 Å². The molecule has 15 heavy (non-hydrogen) atoms. The normalized spacial score (nSPS) is 10.0. The Bertz CT molecular complexity index is 355. The van der Waals surface area contributed by atoms with E-state index in [1.54, 1.807) is 0 Å². The molecule has 0 saturated heterocycles. The molecule has 82 valence electrons. The maximum absolute atomic E-state index is 13.2. The summed E-state index contributed by atoms with van der Waals surface area (Å²) >= 11 is 0. The molecule has 0 aliphatic heterocycles. The van der Waals surface area contributed by atoms with Crippen LogP contribution >= 0.6 is 0 Å². The Morgan fingerprint density at radius 1 is 1.60 bits per heavy atom. The van der Waals surface area contributed by atoms with E-state index in [-0.39, 0.29) is 18.0 Å². The number of hydrogen-bond acceptors (Lipinski definition) is 3. The van der Waals surface area contributed by atoms with Crippen molar-refractivity contribution < 1.29 is 13.9 Å². The largest absolute Gasteiger partial charge is 0.399 e. The van der Waals surface area contributed by atoms with Crippen LogP contribution in [0.1, 0.15) is 6.42 Å². The minimum atomic E-state index is -0.541. The summed E-state index contributed by atoms with van der Waals surface area (Å²) in [7, 11) is 1.50. The summed E-state index contributed by atoms with van der Waals surface area (Å²) in [5.74, 6) is -0.832. The van der Waals surface area contributed by atoms with Gasteiger partial charge in [0.2, 0.25) is 5.91 Å². The summed E-state index contributed by atoms with van der Waals surface area (Å²) in [4.78, 5) is 11.2. The van der Waals surface area contributed by atoms with Gasteiger partial charge < -0.3 is 15.8 Å². The predicted octanol–water partition coefficient (Wildman–Crippen LogP) is 1.38. The molecule has 0 atom stereocenters. The number of nitrogen functional groups attached to an aromatic ring is 1. The lowest BCUT2D eigenvalue weighted by atomic mass is 10.2. The summed E-state index contributed by atoms with van der Waals surface area (Å²) in [5.41, 5.74) is 5.82. The fourth-order valence-electron chi connectivity index (χ4n) is 1.04. The second-order valence-corrected chi connectivity index (χ2v) is 3.03. The molecule has 0 aromatic heterocycles. The van der Waals surface area contributed by atoms with E-state index in [9.17, 15) is 9.18 Å². The van der Waals surface area contributed by atoms with Crippen LogP contribution in [0.2, 0.25) is 0 Å². The highest BCUT2D eigenvalue weighted by Crippen LogP contribution is 2.16. The van der Waals surface area contributed by atoms with E-state index in [2.05, 4.69) is 5.32 Å². The third-order valence-electron chi connectivity index (χ3n) is 1.80. The van der Waals surface area contributed by atoms with Crippen LogP contribution in [-0.2, 0) is 9.53 Å². The summed E-state index contributed by atoms with van der Waals surface area (Å²) in [6.07, 6.45) is 0.195. The molecule has 0 heterocycles. The molecule has 0 bridgehead atoms. The third-order valence-corrected chi connectivity index (χ3v) is 1.80. The molecule has 1 amide bonds. The average molecular weight is 212 g/mol. The van der Waals surface area contributed by atoms with E-state index >= 15 is 0 Å². The number of nitrogens with one attached hydrogen (secondary N) is 1. The lowest BCUT2D eigenvalue weighted by molar-refractivity contribution is -0.117. The van der Waals surface area contributed by atoms with Crippen molar-refractivity contribution in [1.29, 1.82) is 0 Å². The maximum Gasteiger partial charge on any atom is 0.226 e. The van der Waals surface area contributed by atoms with E-state index in [0.717, 1.165) is 6.07 Å². The SMILES string of the molecule is COCCC(=O)Nc1ccc(N)cc1F. The number of amides is 1. The van der Waals surface area contributed by atoms with Crippen LogP contribution in [0.5, 0.6) is 0 Å². The molecule has 0 aliphatic rings. The molecule has 0 aliphatic carbocycles. The topological polar surface area (TPSA) is 64.3 Å². The first-order valence-corrected chi connectivity index (χ1v) is 4.47. The molecule has 1 aromatic carbocycles. The van der Waals surface area contributed by atoms with Gasteiger partial charge in [0.15, 0.2) is 0 Å². The number of hydrogen-bond donors (Lipinski definition) is 2. The van der Waals surface area contributed by atoms with Crippen molar-refractivity contribution in [3.63, 3.8) is 0 Å². The summed E-state index contributed by atoms with van der Waals surface area (Å²) in [5, 5.41) is 2.42. The molecule has 0 spiro atoms. The van der Waals surface area contributed by atoms with Gasteiger partial charge in [0.25, 0.3) is 0 Å². The van der Waals surface area contributed by atoms with Gasteiger partial charge in [-0.25, -0.2) is 4.39 Å². The van der Waals surface area contributed by atoms with Crippen LogP contribution in [0, 0.1) is 5.82 Å². The van der Waals surface area contributed by atoms with Gasteiger partial charge in [0.1, 0.15) is 5.82 Å². The van der Waals surface area contributed by atoms with Gasteiger partial charge in [-0.05, 0) is 18.2 Å². The van der Waals surface area contributed by atoms with Gasteiger partial charge >= 0.3 is 0 Å². The molecule has 0 saturated carbocycles. The second-order valence-electron chi connectivity index (χ2n) is 3.03. The van der Waals surface area contributed by atoms with Crippen LogP contribution in [0.4, 0.5) is 15.8 Å². The Morgan fingerprint density at radius 2 is 2.33 bits per heavy atom. The highest BCUT2D eigenvalue weighted by atomic mass is 19.1. The van der Waals surface area contributed by atoms with Crippen molar-refractivity contribution in [2.75, 3.05) is 24.8 Å². The van der Waals surface area contributed by atoms with Gasteiger partial charge in [0.05, 0.1) is 18.7 Å². The molecule has 0 unspecified atom stereocenters. The van der Waals surface area contributed by atoms with Crippen LogP contribution in [0.25, 0.3) is 0 Å². The zero-order chi connectivity index (χ0) is 11.3. The molecular weight excluding hydrogens is 199 g/mol. The molecular formula is C10H13FN2O2. The van der Waals surface area contributed by atoms with Crippen molar-refractivity contribution >= 4 is 17.3 Å². The number of methoxy groups -OCH3 is 1. The zero-order valence-electron chi connectivity index (χ0n) is 8.42. The van der Waals surface area contributed by atoms with Crippen LogP contribution < -0.4 is 11.1 Å². The lowest BCUT2D eigenvalue weighted by Crippen LogP contribution is -2.14. The highest BCUT2D eigenvalue weighted by molar-refractivity contribution is 5.91. The van der Waals surface area contributed by atoms with Crippen LogP contribution in [0.15, 0.2) is 18.2 Å². The third kappa shape index (κ3) is 3.55. The first-order chi connectivity index (χ1) is 7.13. The number of carbonyl (C=O) groups is 1. The van der Waals surface area contributed by atoms with Crippen molar-refractivity contribution in [1.82, 2.24) is 0 Å². The Morgan fingerprint density at radius 3 is 2.93 bits per heavy atom. The first-order valence-electron chi connectivity index (χ1n) is 4.47. The molecule has 5 heteroatoms. The quantitative estimate of drug-likeness (QED) is 0.741. The maximum atomic E-state index is 13.2. The van der Waals surface area contributed by atoms with Gasteiger partial charge in [-0.3, -0.25) is 4.79 Å². The minimum Gasteiger partial charge on any atom is -0.399 e. The lowest BCUT2D eigenvalue weighted by Gasteiger charge is -2.06. The number of nitrogens with two attached hydrogens (primary N) is 1. The average Bonchev–Trinajstić information content (AvgIpc) is 2.19. The Balaban J connectivity index is 2.60. The van der Waals surface area contributed by atoms with E-state index in [4.69, 9.17) is 10.5 Å². The fourth-order valence-corrected chi connectivity index (χ4v) is 1.04. The Labute approximate surface area is 87.2 Å². The minimum absolute atomic E-state index is 0.130. The smallest absolute Gasteiger partial charge is 0.226 e. The number of ether oxygens (including phenoxy) is 1. The molecule has 4 nitrogen and oxygen atoms in total. The zero-order valence-corrected chi connectivity index (χ0v) is 8.42. The van der Waals surface area contributed by atoms with Gasteiger partial charge in [-0.15, -0.1) is 0 Å². The molecule has 3 N–H and O–H groups in total. The van der Waals surface area contributed by atoms with E-state index in [0.29, 0.717) is 12.3 Å². The number of halogens is 1. The van der Waals surface area contributed by atoms with E-state index in [1.165, 1.54) is 19.2 Å². The van der Waals surface area contributed by atoms with Crippen LogP contribution in [0.3, 0.4) is 0 Å². The predicted molar refractivity (Wildman–Crippen MR) is 55.9 cm³/mol. The molecule has 1 rings (SSSR count). The van der Waals surface area contributed by atoms with Crippen molar-refractivity contribution in [2.24, 2.45) is 0 Å². The molecule has 0 radical (unpaired) electrons. The molecule has 1 aromatic rings. The Kier molecular flexibility index (Phi) is 4.05. The van der Waals surface area contributed by atoms with E-state index in [1.807, 2.05) is 0 Å². The standard InChI is InChI=1S/C10H13FN2O2/c1-15-5-4-10(14)13-9-3-2-7(12)6-8(9)11/h2-3,6H,4-5,12H2,1H3,(H,13,14). The second kappa shape index (κ2) is 5.31. The monoisotopic (exact) mass is 212 g/mol. The summed E-state index contributed by atoms with van der Waals surface area (Å²) in [6, 6.07) is 4.11. The van der Waals surface area contributed by atoms with Crippen molar-refractivity contribution in [3.8, 4) is 0 Å². The van der Waals surface area contributed by atoms with Crippen LogP contribution in [-0.4, -0.2) is 19.6 Å². The summed E-state index contributed by atoms with van der Waals surface area (Å²) in [6.45, 7) is 0.308. The number of benzene rings is 1. The number of carbonyl (C=O) groups excluding carboxylic acids is 1. The summed E-state index contributed by atoms with van der Waals surface area (Å²) < 4.78 is 17.9. The highest BCUT2D eigenvalue weighted by Gasteiger charge is 2.06. The molecule has 0 fully saturated rings. The van der Waals surface area contributed by atoms with Gasteiger partial charge in [0, 0.05) is 12.8 Å².